The molecule has 2 amide bonds. The minimum atomic E-state index is -0.491. The van der Waals surface area contributed by atoms with E-state index in [1.807, 2.05) is 59.8 Å². The fourth-order valence-electron chi connectivity index (χ4n) is 4.15. The van der Waals surface area contributed by atoms with Crippen LogP contribution in [0, 0.1) is 13.8 Å². The van der Waals surface area contributed by atoms with Crippen LogP contribution in [-0.2, 0) is 22.7 Å². The molecule has 0 bridgehead atoms. The quantitative estimate of drug-likeness (QED) is 0.616. The van der Waals surface area contributed by atoms with Crippen molar-refractivity contribution < 1.29 is 14.0 Å². The second-order valence-electron chi connectivity index (χ2n) is 8.37. The van der Waals surface area contributed by atoms with Crippen molar-refractivity contribution in [3.05, 3.63) is 71.4 Å². The van der Waals surface area contributed by atoms with E-state index in [0.717, 1.165) is 28.2 Å². The van der Waals surface area contributed by atoms with E-state index in [1.54, 1.807) is 24.5 Å². The van der Waals surface area contributed by atoms with E-state index in [2.05, 4.69) is 10.4 Å². The number of nitrogens with one attached hydrogen (secondary N) is 1. The number of amides is 2. The standard InChI is InChI=1S/C24H29N5O3/c1-17-11-18(2)29(26-17)21-6-4-5-19(12-21)14-27(3)23(30)13-22-24(31)25-8-9-28(22)15-20-7-10-32-16-20/h4-7,10-12,16,22H,8-9,13-15H2,1-3H3,(H,25,31). The summed E-state index contributed by atoms with van der Waals surface area (Å²) in [6.07, 6.45) is 3.43. The van der Waals surface area contributed by atoms with Crippen LogP contribution in [0.15, 0.2) is 53.3 Å². The van der Waals surface area contributed by atoms with Gasteiger partial charge in [0.2, 0.25) is 11.8 Å². The molecule has 1 saturated heterocycles. The van der Waals surface area contributed by atoms with Gasteiger partial charge >= 0.3 is 0 Å². The van der Waals surface area contributed by atoms with E-state index in [0.29, 0.717) is 26.2 Å². The van der Waals surface area contributed by atoms with Gasteiger partial charge < -0.3 is 14.6 Å². The van der Waals surface area contributed by atoms with Crippen molar-refractivity contribution in [2.45, 2.75) is 39.4 Å². The SMILES string of the molecule is Cc1cc(C)n(-c2cccc(CN(C)C(=O)CC3C(=O)NCCN3Cc3ccoc3)c2)n1. The summed E-state index contributed by atoms with van der Waals surface area (Å²) < 4.78 is 7.05. The Balaban J connectivity index is 1.42. The summed E-state index contributed by atoms with van der Waals surface area (Å²) in [7, 11) is 1.78. The number of carbonyl (C=O) groups excluding carboxylic acids is 2. The lowest BCUT2D eigenvalue weighted by molar-refractivity contribution is -0.138. The zero-order valence-electron chi connectivity index (χ0n) is 18.7. The molecule has 8 heteroatoms. The van der Waals surface area contributed by atoms with Crippen LogP contribution < -0.4 is 5.32 Å². The molecule has 1 unspecified atom stereocenters. The van der Waals surface area contributed by atoms with E-state index in [1.165, 1.54) is 0 Å². The highest BCUT2D eigenvalue weighted by molar-refractivity contribution is 5.88. The Morgan fingerprint density at radius 1 is 1.25 bits per heavy atom. The molecule has 168 valence electrons. The number of nitrogens with zero attached hydrogens (tertiary/aromatic N) is 4. The molecule has 0 spiro atoms. The summed E-state index contributed by atoms with van der Waals surface area (Å²) in [6, 6.07) is 11.4. The summed E-state index contributed by atoms with van der Waals surface area (Å²) in [6.45, 7) is 6.31. The molecular weight excluding hydrogens is 406 g/mol. The summed E-state index contributed by atoms with van der Waals surface area (Å²) in [5.74, 6) is -0.172. The maximum atomic E-state index is 13.0. The van der Waals surface area contributed by atoms with Gasteiger partial charge in [0.05, 0.1) is 36.4 Å². The molecule has 4 rings (SSSR count). The van der Waals surface area contributed by atoms with Gasteiger partial charge in [-0.15, -0.1) is 0 Å². The van der Waals surface area contributed by atoms with Gasteiger partial charge in [-0.05, 0) is 43.7 Å². The lowest BCUT2D eigenvalue weighted by Gasteiger charge is -2.35. The molecule has 0 saturated carbocycles. The summed E-state index contributed by atoms with van der Waals surface area (Å²) in [5, 5.41) is 7.42. The number of rotatable bonds is 7. The predicted molar refractivity (Wildman–Crippen MR) is 120 cm³/mol. The maximum absolute atomic E-state index is 13.0. The molecule has 2 aromatic heterocycles. The zero-order valence-corrected chi connectivity index (χ0v) is 18.7. The number of hydrogen-bond acceptors (Lipinski definition) is 5. The Kier molecular flexibility index (Phi) is 6.41. The first-order valence-electron chi connectivity index (χ1n) is 10.8. The third-order valence-electron chi connectivity index (χ3n) is 5.79. The summed E-state index contributed by atoms with van der Waals surface area (Å²) >= 11 is 0. The first-order chi connectivity index (χ1) is 15.4. The fourth-order valence-corrected chi connectivity index (χ4v) is 4.15. The van der Waals surface area contributed by atoms with Gasteiger partial charge in [-0.25, -0.2) is 4.68 Å². The van der Waals surface area contributed by atoms with Crippen LogP contribution in [0.3, 0.4) is 0 Å². The van der Waals surface area contributed by atoms with Crippen LogP contribution >= 0.6 is 0 Å². The van der Waals surface area contributed by atoms with Crippen molar-refractivity contribution in [3.8, 4) is 5.69 Å². The zero-order chi connectivity index (χ0) is 22.7. The second kappa shape index (κ2) is 9.40. The van der Waals surface area contributed by atoms with Crippen molar-refractivity contribution in [2.75, 3.05) is 20.1 Å². The van der Waals surface area contributed by atoms with Gasteiger partial charge in [0.25, 0.3) is 0 Å². The van der Waals surface area contributed by atoms with Gasteiger partial charge in [-0.3, -0.25) is 14.5 Å². The Morgan fingerprint density at radius 3 is 2.81 bits per heavy atom. The van der Waals surface area contributed by atoms with Crippen LogP contribution in [0.25, 0.3) is 5.69 Å². The minimum Gasteiger partial charge on any atom is -0.472 e. The molecule has 0 radical (unpaired) electrons. The third-order valence-corrected chi connectivity index (χ3v) is 5.79. The number of piperazine rings is 1. The first kappa shape index (κ1) is 21.8. The average Bonchev–Trinajstić information content (AvgIpc) is 3.39. The highest BCUT2D eigenvalue weighted by Gasteiger charge is 2.32. The lowest BCUT2D eigenvalue weighted by Crippen LogP contribution is -2.56. The Bertz CT molecular complexity index is 1090. The van der Waals surface area contributed by atoms with Crippen molar-refractivity contribution in [2.24, 2.45) is 0 Å². The van der Waals surface area contributed by atoms with Crippen LogP contribution in [0.5, 0.6) is 0 Å². The maximum Gasteiger partial charge on any atom is 0.237 e. The van der Waals surface area contributed by atoms with Gasteiger partial charge in [0, 0.05) is 44.5 Å². The minimum absolute atomic E-state index is 0.0687. The lowest BCUT2D eigenvalue weighted by atomic mass is 10.1. The van der Waals surface area contributed by atoms with E-state index in [4.69, 9.17) is 4.42 Å². The monoisotopic (exact) mass is 435 g/mol. The van der Waals surface area contributed by atoms with Crippen LogP contribution in [0.2, 0.25) is 0 Å². The molecule has 1 aliphatic heterocycles. The van der Waals surface area contributed by atoms with Gasteiger partial charge in [0.15, 0.2) is 0 Å². The number of furan rings is 1. The largest absolute Gasteiger partial charge is 0.472 e. The molecule has 1 aromatic carbocycles. The van der Waals surface area contributed by atoms with Gasteiger partial charge in [-0.1, -0.05) is 12.1 Å². The Hall–Kier alpha value is -3.39. The van der Waals surface area contributed by atoms with Crippen LogP contribution in [-0.4, -0.2) is 57.6 Å². The van der Waals surface area contributed by atoms with Crippen molar-refractivity contribution >= 4 is 11.8 Å². The summed E-state index contributed by atoms with van der Waals surface area (Å²) in [4.78, 5) is 29.3. The molecule has 1 atom stereocenters. The van der Waals surface area contributed by atoms with Gasteiger partial charge in [-0.2, -0.15) is 5.10 Å². The van der Waals surface area contributed by atoms with Crippen LogP contribution in [0.4, 0.5) is 0 Å². The number of hydrogen-bond donors (Lipinski definition) is 1. The highest BCUT2D eigenvalue weighted by Crippen LogP contribution is 2.18. The van der Waals surface area contributed by atoms with E-state index in [9.17, 15) is 9.59 Å². The molecular formula is C24H29N5O3. The fraction of sp³-hybridized carbons (Fsp3) is 0.375. The highest BCUT2D eigenvalue weighted by atomic mass is 16.3. The molecule has 8 nitrogen and oxygen atoms in total. The normalized spacial score (nSPS) is 16.7. The number of aryl methyl sites for hydroxylation is 2. The molecule has 1 aliphatic rings. The first-order valence-corrected chi connectivity index (χ1v) is 10.8. The molecule has 32 heavy (non-hydrogen) atoms. The van der Waals surface area contributed by atoms with E-state index >= 15 is 0 Å². The predicted octanol–water partition coefficient (Wildman–Crippen LogP) is 2.43. The second-order valence-corrected chi connectivity index (χ2v) is 8.37. The topological polar surface area (TPSA) is 83.6 Å². The van der Waals surface area contributed by atoms with Crippen molar-refractivity contribution in [1.82, 2.24) is 24.9 Å². The number of aromatic nitrogens is 2. The molecule has 3 aromatic rings. The summed E-state index contributed by atoms with van der Waals surface area (Å²) in [5.41, 5.74) is 4.99. The average molecular weight is 436 g/mol. The van der Waals surface area contributed by atoms with Gasteiger partial charge in [0.1, 0.15) is 0 Å². The number of carbonyl (C=O) groups is 2. The number of benzene rings is 1. The van der Waals surface area contributed by atoms with E-state index in [-0.39, 0.29) is 18.2 Å². The van der Waals surface area contributed by atoms with Crippen molar-refractivity contribution in [3.63, 3.8) is 0 Å². The van der Waals surface area contributed by atoms with Crippen LogP contribution in [0.1, 0.15) is 28.9 Å². The molecule has 3 heterocycles. The van der Waals surface area contributed by atoms with E-state index < -0.39 is 6.04 Å². The molecule has 1 fully saturated rings. The Labute approximate surface area is 187 Å². The Morgan fingerprint density at radius 2 is 2.09 bits per heavy atom. The van der Waals surface area contributed by atoms with Crippen molar-refractivity contribution in [1.29, 1.82) is 0 Å². The smallest absolute Gasteiger partial charge is 0.237 e. The third kappa shape index (κ3) is 4.91. The molecule has 1 N–H and O–H groups in total. The molecule has 0 aliphatic carbocycles.